The van der Waals surface area contributed by atoms with Crippen molar-refractivity contribution in [2.45, 2.75) is 6.54 Å². The van der Waals surface area contributed by atoms with Crippen molar-refractivity contribution in [1.29, 1.82) is 0 Å². The molecule has 0 aliphatic heterocycles. The van der Waals surface area contributed by atoms with Gasteiger partial charge in [-0.3, -0.25) is 4.79 Å². The molecule has 1 amide bonds. The van der Waals surface area contributed by atoms with E-state index in [0.29, 0.717) is 12.1 Å². The van der Waals surface area contributed by atoms with Crippen LogP contribution in [0.4, 0.5) is 0 Å². The smallest absolute Gasteiger partial charge is 0.252 e. The van der Waals surface area contributed by atoms with Gasteiger partial charge in [0, 0.05) is 30.9 Å². The molecule has 0 radical (unpaired) electrons. The van der Waals surface area contributed by atoms with Crippen LogP contribution in [0.1, 0.15) is 10.4 Å². The third-order valence-electron chi connectivity index (χ3n) is 2.15. The van der Waals surface area contributed by atoms with E-state index in [9.17, 15) is 4.79 Å². The molecule has 2 rings (SSSR count). The number of halogens is 1. The molecule has 1 N–H and O–H groups in total. The maximum absolute atomic E-state index is 11.7. The largest absolute Gasteiger partial charge is 0.353 e. The van der Waals surface area contributed by atoms with Crippen LogP contribution >= 0.6 is 27.3 Å². The van der Waals surface area contributed by atoms with Gasteiger partial charge in [-0.05, 0) is 34.1 Å². The third kappa shape index (κ3) is 2.96. The number of thiophene rings is 1. The predicted molar refractivity (Wildman–Crippen MR) is 68.8 cm³/mol. The second-order valence-corrected chi connectivity index (χ2v) is 5.61. The van der Waals surface area contributed by atoms with E-state index in [1.54, 1.807) is 0 Å². The van der Waals surface area contributed by atoms with Crippen LogP contribution in [0, 0.1) is 0 Å². The molecular formula is C11H11BrN2OS. The van der Waals surface area contributed by atoms with Gasteiger partial charge in [0.15, 0.2) is 0 Å². The topological polar surface area (TPSA) is 34.0 Å². The van der Waals surface area contributed by atoms with Crippen molar-refractivity contribution in [2.75, 3.05) is 6.54 Å². The van der Waals surface area contributed by atoms with Crippen molar-refractivity contribution >= 4 is 33.2 Å². The second kappa shape index (κ2) is 5.32. The van der Waals surface area contributed by atoms with Crippen molar-refractivity contribution < 1.29 is 4.79 Å². The van der Waals surface area contributed by atoms with Gasteiger partial charge in [-0.15, -0.1) is 11.3 Å². The van der Waals surface area contributed by atoms with Crippen LogP contribution < -0.4 is 5.32 Å². The number of aromatic nitrogens is 1. The predicted octanol–water partition coefficient (Wildman–Crippen LogP) is 2.74. The van der Waals surface area contributed by atoms with Crippen LogP contribution in [-0.4, -0.2) is 17.0 Å². The minimum atomic E-state index is -0.0193. The quantitative estimate of drug-likeness (QED) is 0.925. The number of rotatable bonds is 4. The highest BCUT2D eigenvalue weighted by Gasteiger charge is 2.06. The van der Waals surface area contributed by atoms with E-state index in [1.807, 2.05) is 40.5 Å². The Morgan fingerprint density at radius 3 is 2.81 bits per heavy atom. The van der Waals surface area contributed by atoms with E-state index in [0.717, 1.165) is 10.3 Å². The Bertz CT molecular complexity index is 464. The molecule has 0 aromatic carbocycles. The highest BCUT2D eigenvalue weighted by atomic mass is 79.9. The average Bonchev–Trinajstić information content (AvgIpc) is 2.89. The molecule has 16 heavy (non-hydrogen) atoms. The molecule has 0 fully saturated rings. The standard InChI is InChI=1S/C11H11BrN2OS/c12-10-7-9(8-16-10)11(15)13-3-6-14-4-1-2-5-14/h1-2,4-5,7-8H,3,6H2,(H,13,15). The Morgan fingerprint density at radius 1 is 1.44 bits per heavy atom. The molecule has 2 heterocycles. The Kier molecular flexibility index (Phi) is 3.79. The van der Waals surface area contributed by atoms with E-state index in [1.165, 1.54) is 11.3 Å². The van der Waals surface area contributed by atoms with Gasteiger partial charge in [-0.25, -0.2) is 0 Å². The molecule has 0 atom stereocenters. The number of amides is 1. The lowest BCUT2D eigenvalue weighted by molar-refractivity contribution is 0.0953. The monoisotopic (exact) mass is 298 g/mol. The van der Waals surface area contributed by atoms with Crippen LogP contribution in [0.3, 0.4) is 0 Å². The van der Waals surface area contributed by atoms with Crippen molar-refractivity contribution in [3.63, 3.8) is 0 Å². The highest BCUT2D eigenvalue weighted by molar-refractivity contribution is 9.11. The van der Waals surface area contributed by atoms with Crippen molar-refractivity contribution in [3.8, 4) is 0 Å². The summed E-state index contributed by atoms with van der Waals surface area (Å²) in [5.41, 5.74) is 0.712. The van der Waals surface area contributed by atoms with Crippen molar-refractivity contribution in [2.24, 2.45) is 0 Å². The first-order valence-corrected chi connectivity index (χ1v) is 6.56. The minimum Gasteiger partial charge on any atom is -0.353 e. The molecule has 2 aromatic rings. The fraction of sp³-hybridized carbons (Fsp3) is 0.182. The van der Waals surface area contributed by atoms with E-state index < -0.39 is 0 Å². The summed E-state index contributed by atoms with van der Waals surface area (Å²) >= 11 is 4.85. The van der Waals surface area contributed by atoms with Crippen LogP contribution in [0.15, 0.2) is 39.8 Å². The molecule has 0 unspecified atom stereocenters. The lowest BCUT2D eigenvalue weighted by Gasteiger charge is -2.04. The number of hydrogen-bond acceptors (Lipinski definition) is 2. The molecule has 0 saturated heterocycles. The van der Waals surface area contributed by atoms with Gasteiger partial charge in [-0.2, -0.15) is 0 Å². The Hall–Kier alpha value is -1.07. The third-order valence-corrected chi connectivity index (χ3v) is 3.66. The molecule has 0 spiro atoms. The second-order valence-electron chi connectivity index (χ2n) is 3.32. The molecule has 2 aromatic heterocycles. The van der Waals surface area contributed by atoms with Gasteiger partial charge in [0.05, 0.1) is 9.35 Å². The van der Waals surface area contributed by atoms with Crippen LogP contribution in [0.2, 0.25) is 0 Å². The van der Waals surface area contributed by atoms with E-state index >= 15 is 0 Å². The minimum absolute atomic E-state index is 0.0193. The first-order valence-electron chi connectivity index (χ1n) is 4.89. The summed E-state index contributed by atoms with van der Waals surface area (Å²) in [6.07, 6.45) is 3.96. The molecule has 0 bridgehead atoms. The van der Waals surface area contributed by atoms with Gasteiger partial charge in [0.1, 0.15) is 0 Å². The number of nitrogens with one attached hydrogen (secondary N) is 1. The summed E-state index contributed by atoms with van der Waals surface area (Å²) in [5.74, 6) is -0.0193. The number of carbonyl (C=O) groups excluding carboxylic acids is 1. The number of nitrogens with zero attached hydrogens (tertiary/aromatic N) is 1. The van der Waals surface area contributed by atoms with E-state index in [4.69, 9.17) is 0 Å². The number of hydrogen-bond donors (Lipinski definition) is 1. The lowest BCUT2D eigenvalue weighted by atomic mass is 10.3. The summed E-state index contributed by atoms with van der Waals surface area (Å²) in [6, 6.07) is 5.77. The summed E-state index contributed by atoms with van der Waals surface area (Å²) in [6.45, 7) is 1.44. The van der Waals surface area contributed by atoms with E-state index in [2.05, 4.69) is 21.2 Å². The van der Waals surface area contributed by atoms with Gasteiger partial charge >= 0.3 is 0 Å². The van der Waals surface area contributed by atoms with Gasteiger partial charge in [0.25, 0.3) is 5.91 Å². The van der Waals surface area contributed by atoms with Crippen LogP contribution in [0.5, 0.6) is 0 Å². The summed E-state index contributed by atoms with van der Waals surface area (Å²) in [4.78, 5) is 11.7. The molecule has 0 aliphatic rings. The average molecular weight is 299 g/mol. The molecule has 84 valence electrons. The fourth-order valence-corrected chi connectivity index (χ4v) is 2.49. The number of carbonyl (C=O) groups is 1. The zero-order valence-electron chi connectivity index (χ0n) is 8.52. The maximum Gasteiger partial charge on any atom is 0.252 e. The molecule has 3 nitrogen and oxygen atoms in total. The lowest BCUT2D eigenvalue weighted by Crippen LogP contribution is -2.26. The van der Waals surface area contributed by atoms with Crippen molar-refractivity contribution in [1.82, 2.24) is 9.88 Å². The zero-order chi connectivity index (χ0) is 11.4. The van der Waals surface area contributed by atoms with Crippen LogP contribution in [0.25, 0.3) is 0 Å². The highest BCUT2D eigenvalue weighted by Crippen LogP contribution is 2.20. The summed E-state index contributed by atoms with van der Waals surface area (Å²) < 4.78 is 3.01. The maximum atomic E-state index is 11.7. The Balaban J connectivity index is 1.80. The molecule has 0 saturated carbocycles. The first-order chi connectivity index (χ1) is 7.75. The van der Waals surface area contributed by atoms with Gasteiger partial charge in [0.2, 0.25) is 0 Å². The Labute approximate surface area is 106 Å². The molecular weight excluding hydrogens is 288 g/mol. The zero-order valence-corrected chi connectivity index (χ0v) is 10.9. The normalized spacial score (nSPS) is 10.3. The first kappa shape index (κ1) is 11.4. The summed E-state index contributed by atoms with van der Waals surface area (Å²) in [5, 5.41) is 4.72. The molecule has 0 aliphatic carbocycles. The van der Waals surface area contributed by atoms with E-state index in [-0.39, 0.29) is 5.91 Å². The molecule has 5 heteroatoms. The summed E-state index contributed by atoms with van der Waals surface area (Å²) in [7, 11) is 0. The Morgan fingerprint density at radius 2 is 2.19 bits per heavy atom. The van der Waals surface area contributed by atoms with Crippen LogP contribution in [-0.2, 0) is 6.54 Å². The van der Waals surface area contributed by atoms with Crippen molar-refractivity contribution in [3.05, 3.63) is 45.3 Å². The fourth-order valence-electron chi connectivity index (χ4n) is 1.35. The SMILES string of the molecule is O=C(NCCn1cccc1)c1csc(Br)c1. The van der Waals surface area contributed by atoms with Gasteiger partial charge < -0.3 is 9.88 Å². The van der Waals surface area contributed by atoms with Gasteiger partial charge in [-0.1, -0.05) is 0 Å².